The van der Waals surface area contributed by atoms with Crippen molar-refractivity contribution in [1.29, 1.82) is 5.41 Å². The highest BCUT2D eigenvalue weighted by Crippen LogP contribution is 2.13. The lowest BCUT2D eigenvalue weighted by Crippen LogP contribution is -2.35. The maximum Gasteiger partial charge on any atom is 0.267 e. The Kier molecular flexibility index (Phi) is 5.10. The molecule has 0 aliphatic carbocycles. The van der Waals surface area contributed by atoms with E-state index in [0.29, 0.717) is 23.6 Å². The minimum absolute atomic E-state index is 0.0483. The van der Waals surface area contributed by atoms with E-state index in [4.69, 9.17) is 9.83 Å². The summed E-state index contributed by atoms with van der Waals surface area (Å²) in [7, 11) is 0. The van der Waals surface area contributed by atoms with E-state index in [1.807, 2.05) is 43.3 Å². The number of carbonyl (C=O) groups is 1. The maximum atomic E-state index is 13.4. The third kappa shape index (κ3) is 3.82. The van der Waals surface area contributed by atoms with Crippen molar-refractivity contribution in [2.45, 2.75) is 20.0 Å². The molecule has 0 saturated carbocycles. The molecular formula is C25H21N5O3. The molecule has 0 bridgehead atoms. The van der Waals surface area contributed by atoms with Gasteiger partial charge in [0.15, 0.2) is 0 Å². The highest BCUT2D eigenvalue weighted by Gasteiger charge is 2.18. The van der Waals surface area contributed by atoms with Crippen molar-refractivity contribution in [1.82, 2.24) is 19.3 Å². The number of hydrogen-bond acceptors (Lipinski definition) is 5. The van der Waals surface area contributed by atoms with Gasteiger partial charge < -0.3 is 14.3 Å². The Labute approximate surface area is 188 Å². The number of amides is 1. The van der Waals surface area contributed by atoms with Gasteiger partial charge in [-0.15, -0.1) is 0 Å². The van der Waals surface area contributed by atoms with Crippen molar-refractivity contribution in [3.05, 3.63) is 111 Å². The van der Waals surface area contributed by atoms with Gasteiger partial charge in [-0.2, -0.15) is 0 Å². The summed E-state index contributed by atoms with van der Waals surface area (Å²) in [5, 5.41) is 11.9. The molecule has 5 rings (SSSR count). The fraction of sp³-hybridized carbons (Fsp3) is 0.120. The highest BCUT2D eigenvalue weighted by atomic mass is 16.3. The van der Waals surface area contributed by atoms with Crippen LogP contribution in [0.3, 0.4) is 0 Å². The molecule has 0 aliphatic heterocycles. The van der Waals surface area contributed by atoms with E-state index in [2.05, 4.69) is 10.3 Å². The zero-order valence-corrected chi connectivity index (χ0v) is 17.9. The molecule has 0 saturated heterocycles. The van der Waals surface area contributed by atoms with Gasteiger partial charge in [-0.25, -0.2) is 4.98 Å². The molecule has 164 valence electrons. The van der Waals surface area contributed by atoms with Crippen molar-refractivity contribution in [3.8, 4) is 0 Å². The first kappa shape index (κ1) is 20.4. The van der Waals surface area contributed by atoms with Crippen molar-refractivity contribution < 1.29 is 9.21 Å². The van der Waals surface area contributed by atoms with E-state index < -0.39 is 5.91 Å². The van der Waals surface area contributed by atoms with Crippen LogP contribution in [0.25, 0.3) is 16.7 Å². The molecule has 0 unspecified atom stereocenters. The van der Waals surface area contributed by atoms with Gasteiger partial charge in [0, 0.05) is 12.7 Å². The smallest absolute Gasteiger partial charge is 0.267 e. The molecule has 8 heteroatoms. The predicted octanol–water partition coefficient (Wildman–Crippen LogP) is 3.01. The van der Waals surface area contributed by atoms with E-state index in [1.165, 1.54) is 15.0 Å². The molecule has 0 fully saturated rings. The van der Waals surface area contributed by atoms with Crippen LogP contribution in [0.4, 0.5) is 0 Å². The molecule has 4 aromatic heterocycles. The van der Waals surface area contributed by atoms with Crippen LogP contribution in [0.2, 0.25) is 0 Å². The number of benzene rings is 1. The zero-order valence-electron chi connectivity index (χ0n) is 17.9. The van der Waals surface area contributed by atoms with Crippen LogP contribution in [0.15, 0.2) is 82.3 Å². The Morgan fingerprint density at radius 3 is 2.70 bits per heavy atom. The molecule has 8 nitrogen and oxygen atoms in total. The minimum atomic E-state index is -0.437. The molecule has 4 heterocycles. The average molecular weight is 439 g/mol. The zero-order chi connectivity index (χ0) is 22.9. The third-order valence-electron chi connectivity index (χ3n) is 5.49. The lowest BCUT2D eigenvalue weighted by molar-refractivity contribution is 0.0948. The van der Waals surface area contributed by atoms with Crippen LogP contribution in [-0.4, -0.2) is 19.9 Å². The molecule has 0 aliphatic rings. The molecular weight excluding hydrogens is 418 g/mol. The maximum absolute atomic E-state index is 13.4. The predicted molar refractivity (Wildman–Crippen MR) is 123 cm³/mol. The van der Waals surface area contributed by atoms with Gasteiger partial charge in [-0.05, 0) is 42.3 Å². The van der Waals surface area contributed by atoms with Gasteiger partial charge in [-0.1, -0.05) is 36.4 Å². The molecule has 1 amide bonds. The largest absolute Gasteiger partial charge is 0.467 e. The van der Waals surface area contributed by atoms with Gasteiger partial charge in [-0.3, -0.25) is 19.4 Å². The summed E-state index contributed by atoms with van der Waals surface area (Å²) >= 11 is 0. The second-order valence-electron chi connectivity index (χ2n) is 7.83. The second-order valence-corrected chi connectivity index (χ2v) is 7.83. The normalized spacial score (nSPS) is 11.2. The number of hydrogen-bond donors (Lipinski definition) is 2. The van der Waals surface area contributed by atoms with Crippen LogP contribution in [0.5, 0.6) is 0 Å². The van der Waals surface area contributed by atoms with Gasteiger partial charge in [0.25, 0.3) is 11.5 Å². The van der Waals surface area contributed by atoms with E-state index in [1.54, 1.807) is 30.7 Å². The van der Waals surface area contributed by atoms with Crippen LogP contribution in [0.1, 0.15) is 27.2 Å². The van der Waals surface area contributed by atoms with E-state index in [0.717, 1.165) is 11.1 Å². The summed E-state index contributed by atoms with van der Waals surface area (Å²) in [5.41, 5.74) is 2.38. The van der Waals surface area contributed by atoms with Gasteiger partial charge in [0.1, 0.15) is 22.5 Å². The number of fused-ring (bicyclic) bond motifs is 2. The van der Waals surface area contributed by atoms with Crippen molar-refractivity contribution in [3.63, 3.8) is 0 Å². The number of aromatic nitrogens is 3. The Morgan fingerprint density at radius 2 is 1.94 bits per heavy atom. The molecule has 0 atom stereocenters. The molecule has 33 heavy (non-hydrogen) atoms. The summed E-state index contributed by atoms with van der Waals surface area (Å²) in [6.45, 7) is 2.36. The summed E-state index contributed by atoms with van der Waals surface area (Å²) in [5.74, 6) is 0.148. The Balaban J connectivity index is 1.68. The number of nitrogens with one attached hydrogen (secondary N) is 2. The number of rotatable bonds is 5. The Bertz CT molecular complexity index is 1600. The van der Waals surface area contributed by atoms with Crippen molar-refractivity contribution >= 4 is 22.6 Å². The van der Waals surface area contributed by atoms with Crippen LogP contribution in [0, 0.1) is 12.3 Å². The number of nitrogens with zero attached hydrogens (tertiary/aromatic N) is 3. The number of pyridine rings is 2. The SMILES string of the molecule is Cc1ccc2nc3c(cc(C(=O)NCc4ccccc4)c(=N)n3Cc3ccco3)c(=O)n2c1. The monoisotopic (exact) mass is 439 g/mol. The highest BCUT2D eigenvalue weighted by molar-refractivity contribution is 5.96. The van der Waals surface area contributed by atoms with Crippen LogP contribution in [-0.2, 0) is 13.1 Å². The summed E-state index contributed by atoms with van der Waals surface area (Å²) in [4.78, 5) is 31.1. The Hall–Kier alpha value is -4.46. The molecule has 5 aromatic rings. The number of carbonyl (C=O) groups excluding carboxylic acids is 1. The first-order chi connectivity index (χ1) is 16.0. The first-order valence-corrected chi connectivity index (χ1v) is 10.5. The van der Waals surface area contributed by atoms with E-state index in [9.17, 15) is 9.59 Å². The minimum Gasteiger partial charge on any atom is -0.467 e. The fourth-order valence-electron chi connectivity index (χ4n) is 3.80. The van der Waals surface area contributed by atoms with E-state index >= 15 is 0 Å². The topological polar surface area (TPSA) is 105 Å². The number of furan rings is 1. The fourth-order valence-corrected chi connectivity index (χ4v) is 3.80. The lowest BCUT2D eigenvalue weighted by atomic mass is 10.1. The lowest BCUT2D eigenvalue weighted by Gasteiger charge is -2.14. The molecule has 0 radical (unpaired) electrons. The summed E-state index contributed by atoms with van der Waals surface area (Å²) in [6, 6.07) is 18.1. The van der Waals surface area contributed by atoms with Crippen LogP contribution >= 0.6 is 0 Å². The summed E-state index contributed by atoms with van der Waals surface area (Å²) in [6.07, 6.45) is 3.25. The average Bonchev–Trinajstić information content (AvgIpc) is 3.34. The summed E-state index contributed by atoms with van der Waals surface area (Å²) < 4.78 is 8.46. The van der Waals surface area contributed by atoms with Crippen molar-refractivity contribution in [2.24, 2.45) is 0 Å². The number of aryl methyl sites for hydroxylation is 1. The van der Waals surface area contributed by atoms with Gasteiger partial charge in [0.2, 0.25) is 0 Å². The Morgan fingerprint density at radius 1 is 1.12 bits per heavy atom. The molecule has 2 N–H and O–H groups in total. The standard InChI is InChI=1S/C25H21N5O3/c1-16-9-10-21-28-23-20(25(32)29(21)14-16)12-19(22(26)30(23)15-18-8-5-11-33-18)24(31)27-13-17-6-3-2-4-7-17/h2-12,14,26H,13,15H2,1H3,(H,27,31). The van der Waals surface area contributed by atoms with Crippen molar-refractivity contribution in [2.75, 3.05) is 0 Å². The van der Waals surface area contributed by atoms with E-state index in [-0.39, 0.29) is 28.5 Å². The quantitative estimate of drug-likeness (QED) is 0.411. The van der Waals surface area contributed by atoms with Gasteiger partial charge in [0.05, 0.1) is 23.8 Å². The first-order valence-electron chi connectivity index (χ1n) is 10.5. The van der Waals surface area contributed by atoms with Crippen LogP contribution < -0.4 is 16.4 Å². The van der Waals surface area contributed by atoms with Gasteiger partial charge >= 0.3 is 0 Å². The third-order valence-corrected chi connectivity index (χ3v) is 5.49. The second kappa shape index (κ2) is 8.23. The molecule has 1 aromatic carbocycles. The molecule has 0 spiro atoms.